The van der Waals surface area contributed by atoms with E-state index in [0.717, 1.165) is 22.4 Å². The van der Waals surface area contributed by atoms with Gasteiger partial charge in [-0.15, -0.1) is 11.8 Å². The summed E-state index contributed by atoms with van der Waals surface area (Å²) in [4.78, 5) is 1.18. The van der Waals surface area contributed by atoms with Crippen LogP contribution in [0.1, 0.15) is 16.7 Å². The van der Waals surface area contributed by atoms with Gasteiger partial charge in [-0.3, -0.25) is 0 Å². The zero-order valence-corrected chi connectivity index (χ0v) is 16.6. The number of hydrogen-bond donors (Lipinski definition) is 0. The van der Waals surface area contributed by atoms with E-state index in [1.807, 2.05) is 30.3 Å². The number of thioether (sulfide) groups is 1. The summed E-state index contributed by atoms with van der Waals surface area (Å²) in [6.45, 7) is 0. The molecule has 0 aromatic heterocycles. The molecule has 4 aromatic carbocycles. The van der Waals surface area contributed by atoms with Gasteiger partial charge in [-0.05, 0) is 24.5 Å². The summed E-state index contributed by atoms with van der Waals surface area (Å²) in [5.74, 6) is 0.850. The summed E-state index contributed by atoms with van der Waals surface area (Å²) in [5.41, 5.74) is 2.56. The third kappa shape index (κ3) is 3.56. The molecule has 0 radical (unpaired) electrons. The van der Waals surface area contributed by atoms with Crippen LogP contribution in [0.3, 0.4) is 0 Å². The van der Waals surface area contributed by atoms with E-state index < -0.39 is 5.60 Å². The van der Waals surface area contributed by atoms with Crippen molar-refractivity contribution in [3.05, 3.63) is 132 Å². The van der Waals surface area contributed by atoms with Crippen molar-refractivity contribution in [1.29, 1.82) is 0 Å². The van der Waals surface area contributed by atoms with E-state index >= 15 is 0 Å². The van der Waals surface area contributed by atoms with Crippen molar-refractivity contribution >= 4 is 11.8 Å². The van der Waals surface area contributed by atoms with Crippen molar-refractivity contribution < 1.29 is 4.74 Å². The lowest BCUT2D eigenvalue weighted by Gasteiger charge is -2.36. The van der Waals surface area contributed by atoms with Gasteiger partial charge in [-0.2, -0.15) is 0 Å². The smallest absolute Gasteiger partial charge is 0.184 e. The first-order chi connectivity index (χ1) is 13.8. The lowest BCUT2D eigenvalue weighted by molar-refractivity contribution is 0.155. The van der Waals surface area contributed by atoms with E-state index in [2.05, 4.69) is 91.2 Å². The van der Waals surface area contributed by atoms with Crippen LogP contribution in [0.25, 0.3) is 0 Å². The molecule has 0 aliphatic heterocycles. The van der Waals surface area contributed by atoms with Gasteiger partial charge in [0, 0.05) is 21.6 Å². The average Bonchev–Trinajstić information content (AvgIpc) is 2.79. The summed E-state index contributed by atoms with van der Waals surface area (Å²) in [6, 6.07) is 39.6. The van der Waals surface area contributed by atoms with Crippen LogP contribution in [0.15, 0.2) is 120 Å². The SMILES string of the molecule is CSc1cccc(OC(c2ccccc2)(c2ccccc2)c2ccccc2)c1. The standard InChI is InChI=1S/C26H22OS/c1-28-25-19-11-18-24(20-25)27-26(21-12-5-2-6-13-21,22-14-7-3-8-15-22)23-16-9-4-10-17-23/h2-20H,1H3. The Hall–Kier alpha value is -2.97. The zero-order chi connectivity index (χ0) is 19.2. The third-order valence-corrected chi connectivity index (χ3v) is 5.58. The van der Waals surface area contributed by atoms with Crippen molar-refractivity contribution in [2.24, 2.45) is 0 Å². The van der Waals surface area contributed by atoms with Crippen molar-refractivity contribution in [3.63, 3.8) is 0 Å². The minimum atomic E-state index is -0.735. The summed E-state index contributed by atoms with van der Waals surface area (Å²) < 4.78 is 6.89. The van der Waals surface area contributed by atoms with E-state index in [9.17, 15) is 0 Å². The normalized spacial score (nSPS) is 11.2. The average molecular weight is 383 g/mol. The summed E-state index contributed by atoms with van der Waals surface area (Å²) in [7, 11) is 0. The summed E-state index contributed by atoms with van der Waals surface area (Å²) >= 11 is 1.72. The number of rotatable bonds is 6. The van der Waals surface area contributed by atoms with Gasteiger partial charge in [0.2, 0.25) is 0 Å². The lowest BCUT2D eigenvalue weighted by atomic mass is 9.80. The molecule has 0 saturated heterocycles. The van der Waals surface area contributed by atoms with Crippen molar-refractivity contribution in [2.75, 3.05) is 6.26 Å². The quantitative estimate of drug-likeness (QED) is 0.268. The Morgan fingerprint density at radius 2 is 1.04 bits per heavy atom. The Morgan fingerprint density at radius 1 is 0.571 bits per heavy atom. The molecule has 4 rings (SSSR count). The molecule has 0 N–H and O–H groups in total. The molecule has 0 heterocycles. The first-order valence-electron chi connectivity index (χ1n) is 9.32. The van der Waals surface area contributed by atoms with Crippen LogP contribution in [0.2, 0.25) is 0 Å². The molecule has 0 bridgehead atoms. The molecule has 2 heteroatoms. The molecule has 0 aliphatic rings. The van der Waals surface area contributed by atoms with E-state index in [1.54, 1.807) is 11.8 Å². The van der Waals surface area contributed by atoms with Gasteiger partial charge in [0.05, 0.1) is 0 Å². The van der Waals surface area contributed by atoms with Gasteiger partial charge in [-0.1, -0.05) is 97.1 Å². The van der Waals surface area contributed by atoms with Crippen LogP contribution in [0.5, 0.6) is 5.75 Å². The third-order valence-electron chi connectivity index (χ3n) is 4.85. The van der Waals surface area contributed by atoms with Crippen LogP contribution in [0.4, 0.5) is 0 Å². The van der Waals surface area contributed by atoms with Crippen LogP contribution in [-0.2, 0) is 5.60 Å². The van der Waals surface area contributed by atoms with Gasteiger partial charge < -0.3 is 4.74 Å². The molecule has 0 amide bonds. The summed E-state index contributed by atoms with van der Waals surface area (Å²) in [5, 5.41) is 0. The molecular weight excluding hydrogens is 360 g/mol. The molecular formula is C26H22OS. The highest BCUT2D eigenvalue weighted by Gasteiger charge is 2.38. The first kappa shape index (κ1) is 18.4. The second kappa shape index (κ2) is 8.37. The van der Waals surface area contributed by atoms with Crippen molar-refractivity contribution in [3.8, 4) is 5.75 Å². The van der Waals surface area contributed by atoms with E-state index in [4.69, 9.17) is 4.74 Å². The number of ether oxygens (including phenoxy) is 1. The monoisotopic (exact) mass is 382 g/mol. The molecule has 0 spiro atoms. The lowest BCUT2D eigenvalue weighted by Crippen LogP contribution is -2.36. The predicted octanol–water partition coefficient (Wildman–Crippen LogP) is 6.78. The molecule has 4 aromatic rings. The molecule has 138 valence electrons. The molecule has 1 nitrogen and oxygen atoms in total. The highest BCUT2D eigenvalue weighted by Crippen LogP contribution is 2.41. The summed E-state index contributed by atoms with van der Waals surface area (Å²) in [6.07, 6.45) is 2.08. The van der Waals surface area contributed by atoms with Crippen LogP contribution in [-0.4, -0.2) is 6.26 Å². The topological polar surface area (TPSA) is 9.23 Å². The Balaban J connectivity index is 1.98. The van der Waals surface area contributed by atoms with Gasteiger partial charge in [0.25, 0.3) is 0 Å². The van der Waals surface area contributed by atoms with Gasteiger partial charge in [0.1, 0.15) is 5.75 Å². The van der Waals surface area contributed by atoms with Crippen LogP contribution in [0, 0.1) is 0 Å². The molecule has 0 fully saturated rings. The second-order valence-corrected chi connectivity index (χ2v) is 7.44. The number of benzene rings is 4. The Labute approximate surface area is 171 Å². The van der Waals surface area contributed by atoms with E-state index in [-0.39, 0.29) is 0 Å². The predicted molar refractivity (Wildman–Crippen MR) is 118 cm³/mol. The Morgan fingerprint density at radius 3 is 1.46 bits per heavy atom. The minimum Gasteiger partial charge on any atom is -0.473 e. The van der Waals surface area contributed by atoms with Crippen LogP contribution < -0.4 is 4.74 Å². The molecule has 0 unspecified atom stereocenters. The maximum atomic E-state index is 6.89. The van der Waals surface area contributed by atoms with Gasteiger partial charge >= 0.3 is 0 Å². The van der Waals surface area contributed by atoms with E-state index in [0.29, 0.717) is 0 Å². The fourth-order valence-electron chi connectivity index (χ4n) is 3.54. The second-order valence-electron chi connectivity index (χ2n) is 6.56. The maximum absolute atomic E-state index is 6.89. The Kier molecular flexibility index (Phi) is 5.50. The molecule has 0 aliphatic carbocycles. The van der Waals surface area contributed by atoms with Gasteiger partial charge in [0.15, 0.2) is 5.60 Å². The minimum absolute atomic E-state index is 0.735. The highest BCUT2D eigenvalue weighted by atomic mass is 32.2. The molecule has 0 saturated carbocycles. The van der Waals surface area contributed by atoms with E-state index in [1.165, 1.54) is 4.90 Å². The fraction of sp³-hybridized carbons (Fsp3) is 0.0769. The van der Waals surface area contributed by atoms with Crippen molar-refractivity contribution in [1.82, 2.24) is 0 Å². The molecule has 0 atom stereocenters. The Bertz CT molecular complexity index is 917. The zero-order valence-electron chi connectivity index (χ0n) is 15.8. The van der Waals surface area contributed by atoms with Gasteiger partial charge in [-0.25, -0.2) is 0 Å². The maximum Gasteiger partial charge on any atom is 0.184 e. The number of hydrogen-bond acceptors (Lipinski definition) is 2. The fourth-order valence-corrected chi connectivity index (χ4v) is 3.99. The largest absolute Gasteiger partial charge is 0.473 e. The van der Waals surface area contributed by atoms with Crippen molar-refractivity contribution in [2.45, 2.75) is 10.5 Å². The van der Waals surface area contributed by atoms with Crippen LogP contribution >= 0.6 is 11.8 Å². The molecule has 28 heavy (non-hydrogen) atoms. The first-order valence-corrected chi connectivity index (χ1v) is 10.5. The highest BCUT2D eigenvalue weighted by molar-refractivity contribution is 7.98.